The molecule has 0 spiro atoms. The van der Waals surface area contributed by atoms with Crippen LogP contribution in [0.15, 0.2) is 48.9 Å². The van der Waals surface area contributed by atoms with E-state index in [1.54, 1.807) is 41.5 Å². The lowest BCUT2D eigenvalue weighted by Gasteiger charge is -2.28. The number of carbonyl (C=O) groups excluding carboxylic acids is 1. The van der Waals surface area contributed by atoms with Crippen molar-refractivity contribution in [1.29, 1.82) is 0 Å². The number of aliphatic carboxylic acids is 1. The van der Waals surface area contributed by atoms with E-state index in [1.165, 1.54) is 19.2 Å². The van der Waals surface area contributed by atoms with E-state index >= 15 is 0 Å². The fraction of sp³-hybridized carbons (Fsp3) is 0.321. The van der Waals surface area contributed by atoms with Crippen molar-refractivity contribution in [2.75, 3.05) is 7.11 Å². The van der Waals surface area contributed by atoms with Crippen LogP contribution in [0.3, 0.4) is 0 Å². The quantitative estimate of drug-likeness (QED) is 0.312. The highest BCUT2D eigenvalue weighted by Gasteiger charge is 2.25. The molecule has 9 nitrogen and oxygen atoms in total. The number of halogens is 2. The number of nitrogens with one attached hydrogen (secondary N) is 1. The Kier molecular flexibility index (Phi) is 7.74. The summed E-state index contributed by atoms with van der Waals surface area (Å²) >= 11 is 6.33. The van der Waals surface area contributed by atoms with Crippen LogP contribution in [-0.2, 0) is 11.3 Å². The summed E-state index contributed by atoms with van der Waals surface area (Å²) in [6.07, 6.45) is 8.09. The number of hydrogen-bond donors (Lipinski definition) is 2. The fourth-order valence-corrected chi connectivity index (χ4v) is 5.30. The molecule has 202 valence electrons. The minimum Gasteiger partial charge on any atom is -0.494 e. The van der Waals surface area contributed by atoms with Gasteiger partial charge in [0.1, 0.15) is 0 Å². The molecule has 0 radical (unpaired) electrons. The van der Waals surface area contributed by atoms with Crippen molar-refractivity contribution in [2.45, 2.75) is 44.7 Å². The van der Waals surface area contributed by atoms with E-state index < -0.39 is 11.8 Å². The Labute approximate surface area is 229 Å². The lowest BCUT2D eigenvalue weighted by Crippen LogP contribution is -2.38. The first kappa shape index (κ1) is 26.6. The summed E-state index contributed by atoms with van der Waals surface area (Å²) in [5, 5.41) is 17.8. The van der Waals surface area contributed by atoms with E-state index in [0.717, 1.165) is 36.6 Å². The van der Waals surface area contributed by atoms with Gasteiger partial charge in [-0.3, -0.25) is 14.3 Å². The second-order valence-corrected chi connectivity index (χ2v) is 10.2. The number of amides is 1. The third kappa shape index (κ3) is 6.01. The van der Waals surface area contributed by atoms with Crippen LogP contribution in [0, 0.1) is 11.7 Å². The molecule has 0 atom stereocenters. The number of benzene rings is 2. The molecule has 5 rings (SSSR count). The molecule has 0 bridgehead atoms. The van der Waals surface area contributed by atoms with Crippen LogP contribution in [0.2, 0.25) is 5.02 Å². The zero-order valence-electron chi connectivity index (χ0n) is 21.2. The first-order chi connectivity index (χ1) is 18.8. The number of aromatic nitrogens is 4. The molecule has 39 heavy (non-hydrogen) atoms. The molecule has 0 unspecified atom stereocenters. The van der Waals surface area contributed by atoms with E-state index in [-0.39, 0.29) is 30.0 Å². The minimum atomic E-state index is -0.785. The zero-order valence-corrected chi connectivity index (χ0v) is 22.0. The molecular weight excluding hydrogens is 525 g/mol. The molecule has 1 aliphatic carbocycles. The van der Waals surface area contributed by atoms with E-state index in [1.807, 2.05) is 0 Å². The number of ether oxygens (including phenoxy) is 1. The van der Waals surface area contributed by atoms with E-state index in [4.69, 9.17) is 21.4 Å². The van der Waals surface area contributed by atoms with Crippen molar-refractivity contribution in [3.63, 3.8) is 0 Å². The van der Waals surface area contributed by atoms with Crippen LogP contribution in [0.25, 0.3) is 22.3 Å². The van der Waals surface area contributed by atoms with Gasteiger partial charge in [0.2, 0.25) is 0 Å². The Morgan fingerprint density at radius 1 is 1.13 bits per heavy atom. The van der Waals surface area contributed by atoms with Crippen LogP contribution in [0.5, 0.6) is 5.75 Å². The molecule has 0 aliphatic heterocycles. The van der Waals surface area contributed by atoms with Gasteiger partial charge in [-0.05, 0) is 61.9 Å². The monoisotopic (exact) mass is 551 g/mol. The molecule has 1 fully saturated rings. The third-order valence-electron chi connectivity index (χ3n) is 7.04. The number of nitrogens with zero attached hydrogens (tertiary/aromatic N) is 4. The maximum atomic E-state index is 14.1. The lowest BCUT2D eigenvalue weighted by atomic mass is 9.84. The number of hydrogen-bond acceptors (Lipinski definition) is 6. The Bertz CT molecular complexity index is 1520. The molecule has 2 N–H and O–H groups in total. The predicted molar refractivity (Wildman–Crippen MR) is 143 cm³/mol. The van der Waals surface area contributed by atoms with Crippen molar-refractivity contribution < 1.29 is 23.8 Å². The van der Waals surface area contributed by atoms with Crippen molar-refractivity contribution in [2.24, 2.45) is 5.92 Å². The summed E-state index contributed by atoms with van der Waals surface area (Å²) in [4.78, 5) is 33.1. The van der Waals surface area contributed by atoms with Gasteiger partial charge in [0, 0.05) is 46.4 Å². The average Bonchev–Trinajstić information content (AvgIpc) is 3.31. The maximum absolute atomic E-state index is 14.1. The van der Waals surface area contributed by atoms with Crippen LogP contribution in [0.4, 0.5) is 4.39 Å². The molecule has 2 heterocycles. The lowest BCUT2D eigenvalue weighted by molar-refractivity contribution is -0.138. The Morgan fingerprint density at radius 2 is 1.87 bits per heavy atom. The van der Waals surface area contributed by atoms with Gasteiger partial charge in [-0.1, -0.05) is 11.6 Å². The normalized spacial score (nSPS) is 17.2. The fourth-order valence-electron chi connectivity index (χ4n) is 5.07. The second-order valence-electron chi connectivity index (χ2n) is 9.75. The molecule has 2 aromatic heterocycles. The summed E-state index contributed by atoms with van der Waals surface area (Å²) in [7, 11) is 1.40. The second kappa shape index (κ2) is 11.4. The molecule has 1 aliphatic rings. The van der Waals surface area contributed by atoms with Crippen LogP contribution >= 0.6 is 11.6 Å². The first-order valence-corrected chi connectivity index (χ1v) is 13.0. The van der Waals surface area contributed by atoms with Crippen LogP contribution < -0.4 is 10.1 Å². The predicted octanol–water partition coefficient (Wildman–Crippen LogP) is 5.11. The third-order valence-corrected chi connectivity index (χ3v) is 7.25. The maximum Gasteiger partial charge on any atom is 0.303 e. The summed E-state index contributed by atoms with van der Waals surface area (Å²) < 4.78 is 20.8. The van der Waals surface area contributed by atoms with Gasteiger partial charge in [-0.2, -0.15) is 5.10 Å². The summed E-state index contributed by atoms with van der Waals surface area (Å²) in [5.74, 6) is -0.871. The van der Waals surface area contributed by atoms with E-state index in [2.05, 4.69) is 20.4 Å². The number of carbonyl (C=O) groups is 2. The number of methoxy groups -OCH3 is 1. The van der Waals surface area contributed by atoms with Crippen molar-refractivity contribution in [3.8, 4) is 17.1 Å². The summed E-state index contributed by atoms with van der Waals surface area (Å²) in [5.41, 5.74) is 2.32. The molecule has 2 aromatic carbocycles. The SMILES string of the molecule is COc1ccc(-c2ncc(Cn3ncc4cc(Cl)cc(C(=O)NC5CCC(CC(=O)O)CC5)c43)cn2)cc1F. The van der Waals surface area contributed by atoms with Gasteiger partial charge in [-0.25, -0.2) is 14.4 Å². The number of rotatable bonds is 8. The molecule has 0 saturated heterocycles. The zero-order chi connectivity index (χ0) is 27.5. The van der Waals surface area contributed by atoms with Crippen molar-refractivity contribution >= 4 is 34.4 Å². The molecule has 1 saturated carbocycles. The molecule has 1 amide bonds. The minimum absolute atomic E-state index is 0.0308. The smallest absolute Gasteiger partial charge is 0.303 e. The Morgan fingerprint density at radius 3 is 2.54 bits per heavy atom. The topological polar surface area (TPSA) is 119 Å². The van der Waals surface area contributed by atoms with Gasteiger partial charge >= 0.3 is 5.97 Å². The van der Waals surface area contributed by atoms with Gasteiger partial charge < -0.3 is 15.2 Å². The van der Waals surface area contributed by atoms with Gasteiger partial charge in [0.05, 0.1) is 30.9 Å². The van der Waals surface area contributed by atoms with E-state index in [0.29, 0.717) is 34.0 Å². The number of carboxylic acid groups (broad SMARTS) is 1. The van der Waals surface area contributed by atoms with Gasteiger partial charge in [0.25, 0.3) is 5.91 Å². The van der Waals surface area contributed by atoms with Gasteiger partial charge in [-0.15, -0.1) is 0 Å². The highest BCUT2D eigenvalue weighted by molar-refractivity contribution is 6.32. The Hall–Kier alpha value is -4.05. The first-order valence-electron chi connectivity index (χ1n) is 12.6. The molecule has 11 heteroatoms. The van der Waals surface area contributed by atoms with Crippen LogP contribution in [-0.4, -0.2) is 49.9 Å². The summed E-state index contributed by atoms with van der Waals surface area (Å²) in [6, 6.07) is 7.89. The Balaban J connectivity index is 1.33. The van der Waals surface area contributed by atoms with Crippen molar-refractivity contribution in [1.82, 2.24) is 25.1 Å². The number of fused-ring (bicyclic) bond motifs is 1. The largest absolute Gasteiger partial charge is 0.494 e. The standard InChI is InChI=1S/C28H27ClFN5O4/c1-39-24-7-4-18(10-23(24)30)27-31-12-17(13-32-27)15-35-26-19(14-33-35)9-20(29)11-22(26)28(38)34-21-5-2-16(3-6-21)8-25(36)37/h4,7,9-14,16,21H,2-3,5-6,8,15H2,1H3,(H,34,38)(H,36,37). The van der Waals surface area contributed by atoms with Crippen LogP contribution in [0.1, 0.15) is 48.0 Å². The number of carboxylic acids is 1. The highest BCUT2D eigenvalue weighted by atomic mass is 35.5. The van der Waals surface area contributed by atoms with E-state index in [9.17, 15) is 14.0 Å². The molecular formula is C28H27ClFN5O4. The highest BCUT2D eigenvalue weighted by Crippen LogP contribution is 2.29. The van der Waals surface area contributed by atoms with Crippen molar-refractivity contribution in [3.05, 3.63) is 70.9 Å². The molecule has 4 aromatic rings. The average molecular weight is 552 g/mol. The summed E-state index contributed by atoms with van der Waals surface area (Å²) in [6.45, 7) is 0.308. The van der Waals surface area contributed by atoms with Gasteiger partial charge in [0.15, 0.2) is 17.4 Å².